The lowest BCUT2D eigenvalue weighted by molar-refractivity contribution is -0.132. The average Bonchev–Trinajstić information content (AvgIpc) is 2.91. The predicted molar refractivity (Wildman–Crippen MR) is 81.4 cm³/mol. The van der Waals surface area contributed by atoms with Gasteiger partial charge in [0.2, 0.25) is 11.8 Å². The third-order valence-electron chi connectivity index (χ3n) is 4.22. The van der Waals surface area contributed by atoms with Gasteiger partial charge in [-0.2, -0.15) is 0 Å². The molecular weight excluding hydrogens is 266 g/mol. The maximum absolute atomic E-state index is 12.3. The van der Waals surface area contributed by atoms with E-state index in [9.17, 15) is 9.59 Å². The van der Waals surface area contributed by atoms with Crippen LogP contribution in [0.25, 0.3) is 0 Å². The number of nitrogens with two attached hydrogens (primary N) is 1. The molecule has 3 N–H and O–H groups in total. The van der Waals surface area contributed by atoms with Gasteiger partial charge in [0.05, 0.1) is 5.41 Å². The zero-order chi connectivity index (χ0) is 15.5. The van der Waals surface area contributed by atoms with Crippen LogP contribution in [0, 0.1) is 5.41 Å². The predicted octanol–water partition coefficient (Wildman–Crippen LogP) is 1.06. The highest BCUT2D eigenvalue weighted by Crippen LogP contribution is 2.31. The van der Waals surface area contributed by atoms with E-state index in [4.69, 9.17) is 5.73 Å². The van der Waals surface area contributed by atoms with Crippen LogP contribution >= 0.6 is 0 Å². The van der Waals surface area contributed by atoms with Gasteiger partial charge in [0, 0.05) is 32.6 Å². The van der Waals surface area contributed by atoms with E-state index in [-0.39, 0.29) is 24.3 Å². The number of nitrogens with one attached hydrogen (secondary N) is 1. The zero-order valence-electron chi connectivity index (χ0n) is 12.6. The van der Waals surface area contributed by atoms with Crippen LogP contribution in [-0.2, 0) is 9.59 Å². The van der Waals surface area contributed by atoms with Crippen molar-refractivity contribution in [1.29, 1.82) is 0 Å². The molecule has 0 saturated carbocycles. The molecule has 0 bridgehead atoms. The molecule has 2 atom stereocenters. The summed E-state index contributed by atoms with van der Waals surface area (Å²) in [6, 6.07) is 9.31. The lowest BCUT2D eigenvalue weighted by atomic mass is 9.89. The molecule has 2 amide bonds. The first-order valence-electron chi connectivity index (χ1n) is 7.27. The Labute approximate surface area is 125 Å². The fourth-order valence-electron chi connectivity index (χ4n) is 2.80. The Morgan fingerprint density at radius 1 is 1.38 bits per heavy atom. The van der Waals surface area contributed by atoms with Gasteiger partial charge in [-0.1, -0.05) is 30.3 Å². The molecule has 1 fully saturated rings. The molecule has 5 heteroatoms. The highest BCUT2D eigenvalue weighted by Gasteiger charge is 2.41. The van der Waals surface area contributed by atoms with Gasteiger partial charge >= 0.3 is 0 Å². The van der Waals surface area contributed by atoms with Gasteiger partial charge in [-0.3, -0.25) is 9.59 Å². The molecule has 1 heterocycles. The molecule has 2 rings (SSSR count). The first kappa shape index (κ1) is 15.5. The summed E-state index contributed by atoms with van der Waals surface area (Å²) in [6.07, 6.45) is 0.965. The Kier molecular flexibility index (Phi) is 4.63. The van der Waals surface area contributed by atoms with Gasteiger partial charge in [0.25, 0.3) is 0 Å². The highest BCUT2D eigenvalue weighted by molar-refractivity contribution is 5.85. The van der Waals surface area contributed by atoms with E-state index in [1.165, 1.54) is 0 Å². The van der Waals surface area contributed by atoms with Gasteiger partial charge in [0.1, 0.15) is 0 Å². The molecule has 114 valence electrons. The number of carbonyl (C=O) groups is 2. The zero-order valence-corrected chi connectivity index (χ0v) is 12.6. The van der Waals surface area contributed by atoms with Crippen molar-refractivity contribution >= 4 is 11.8 Å². The monoisotopic (exact) mass is 289 g/mol. The van der Waals surface area contributed by atoms with Crippen molar-refractivity contribution in [3.63, 3.8) is 0 Å². The third kappa shape index (κ3) is 3.42. The van der Waals surface area contributed by atoms with Crippen molar-refractivity contribution < 1.29 is 9.59 Å². The summed E-state index contributed by atoms with van der Waals surface area (Å²) >= 11 is 0. The lowest BCUT2D eigenvalue weighted by Crippen LogP contribution is -2.40. The second-order valence-electron chi connectivity index (χ2n) is 5.93. The number of nitrogens with zero attached hydrogens (tertiary/aromatic N) is 1. The van der Waals surface area contributed by atoms with Crippen molar-refractivity contribution in [2.45, 2.75) is 25.8 Å². The van der Waals surface area contributed by atoms with Crippen molar-refractivity contribution in [3.8, 4) is 0 Å². The average molecular weight is 289 g/mol. The molecule has 5 nitrogen and oxygen atoms in total. The first-order valence-corrected chi connectivity index (χ1v) is 7.27. The van der Waals surface area contributed by atoms with Crippen LogP contribution in [0.3, 0.4) is 0 Å². The maximum Gasteiger partial charge on any atom is 0.227 e. The molecule has 21 heavy (non-hydrogen) atoms. The Bertz CT molecular complexity index is 518. The van der Waals surface area contributed by atoms with Crippen LogP contribution in [0.4, 0.5) is 0 Å². The Morgan fingerprint density at radius 3 is 2.67 bits per heavy atom. The topological polar surface area (TPSA) is 75.4 Å². The van der Waals surface area contributed by atoms with Crippen molar-refractivity contribution in [1.82, 2.24) is 10.2 Å². The second kappa shape index (κ2) is 6.26. The van der Waals surface area contributed by atoms with E-state index in [1.807, 2.05) is 37.3 Å². The summed E-state index contributed by atoms with van der Waals surface area (Å²) in [7, 11) is 1.63. The van der Waals surface area contributed by atoms with E-state index in [2.05, 4.69) is 5.32 Å². The summed E-state index contributed by atoms with van der Waals surface area (Å²) in [4.78, 5) is 26.0. The molecule has 0 radical (unpaired) electrons. The fourth-order valence-corrected chi connectivity index (χ4v) is 2.80. The SMILES string of the molecule is CNC(=O)C1(C)CCN(C(=O)CC(N)c2ccccc2)C1. The summed E-state index contributed by atoms with van der Waals surface area (Å²) in [5.74, 6) is 0.00383. The fraction of sp³-hybridized carbons (Fsp3) is 0.500. The van der Waals surface area contributed by atoms with Crippen LogP contribution < -0.4 is 11.1 Å². The first-order chi connectivity index (χ1) is 9.96. The van der Waals surface area contributed by atoms with Gasteiger partial charge in [-0.15, -0.1) is 0 Å². The number of likely N-dealkylation sites (tertiary alicyclic amines) is 1. The maximum atomic E-state index is 12.3. The molecule has 1 aliphatic rings. The summed E-state index contributed by atoms with van der Waals surface area (Å²) in [5.41, 5.74) is 6.56. The van der Waals surface area contributed by atoms with E-state index < -0.39 is 5.41 Å². The number of amides is 2. The molecule has 0 spiro atoms. The van der Waals surface area contributed by atoms with E-state index in [1.54, 1.807) is 11.9 Å². The quantitative estimate of drug-likeness (QED) is 0.870. The molecule has 1 saturated heterocycles. The molecular formula is C16H23N3O2. The van der Waals surface area contributed by atoms with Crippen LogP contribution in [0.2, 0.25) is 0 Å². The minimum absolute atomic E-state index is 0.00911. The van der Waals surface area contributed by atoms with Gasteiger partial charge in [-0.25, -0.2) is 0 Å². The highest BCUT2D eigenvalue weighted by atomic mass is 16.2. The summed E-state index contributed by atoms with van der Waals surface area (Å²) in [5, 5.41) is 2.67. The van der Waals surface area contributed by atoms with E-state index >= 15 is 0 Å². The minimum atomic E-state index is -0.485. The Morgan fingerprint density at radius 2 is 2.05 bits per heavy atom. The van der Waals surface area contributed by atoms with Gasteiger partial charge in [-0.05, 0) is 18.9 Å². The Hall–Kier alpha value is -1.88. The lowest BCUT2D eigenvalue weighted by Gasteiger charge is -2.23. The summed E-state index contributed by atoms with van der Waals surface area (Å²) < 4.78 is 0. The van der Waals surface area contributed by atoms with E-state index in [0.29, 0.717) is 19.5 Å². The molecule has 2 unspecified atom stereocenters. The number of hydrogen-bond donors (Lipinski definition) is 2. The van der Waals surface area contributed by atoms with Crippen LogP contribution in [-0.4, -0.2) is 36.9 Å². The van der Waals surface area contributed by atoms with Crippen LogP contribution in [0.5, 0.6) is 0 Å². The number of carbonyl (C=O) groups excluding carboxylic acids is 2. The molecule has 1 aromatic rings. The van der Waals surface area contributed by atoms with E-state index in [0.717, 1.165) is 5.56 Å². The number of hydrogen-bond acceptors (Lipinski definition) is 3. The summed E-state index contributed by atoms with van der Waals surface area (Å²) in [6.45, 7) is 2.98. The standard InChI is InChI=1S/C16H23N3O2/c1-16(15(21)18-2)8-9-19(11-16)14(20)10-13(17)12-6-4-3-5-7-12/h3-7,13H,8-11,17H2,1-2H3,(H,18,21). The number of benzene rings is 1. The normalized spacial score (nSPS) is 22.9. The van der Waals surface area contributed by atoms with Crippen molar-refractivity contribution in [2.75, 3.05) is 20.1 Å². The van der Waals surface area contributed by atoms with Crippen LogP contribution in [0.15, 0.2) is 30.3 Å². The van der Waals surface area contributed by atoms with Crippen molar-refractivity contribution in [3.05, 3.63) is 35.9 Å². The third-order valence-corrected chi connectivity index (χ3v) is 4.22. The largest absolute Gasteiger partial charge is 0.359 e. The molecule has 1 aromatic carbocycles. The number of rotatable bonds is 4. The van der Waals surface area contributed by atoms with Crippen LogP contribution in [0.1, 0.15) is 31.4 Å². The molecule has 0 aromatic heterocycles. The minimum Gasteiger partial charge on any atom is -0.359 e. The van der Waals surface area contributed by atoms with Gasteiger partial charge < -0.3 is 16.0 Å². The molecule has 0 aliphatic carbocycles. The van der Waals surface area contributed by atoms with Crippen molar-refractivity contribution in [2.24, 2.45) is 11.1 Å². The smallest absolute Gasteiger partial charge is 0.227 e. The van der Waals surface area contributed by atoms with Gasteiger partial charge in [0.15, 0.2) is 0 Å². The second-order valence-corrected chi connectivity index (χ2v) is 5.93. The molecule has 1 aliphatic heterocycles. The Balaban J connectivity index is 1.95.